The minimum atomic E-state index is -3.23. The predicted molar refractivity (Wildman–Crippen MR) is 80.4 cm³/mol. The van der Waals surface area contributed by atoms with Crippen molar-refractivity contribution in [3.8, 4) is 0 Å². The molecule has 0 saturated heterocycles. The third kappa shape index (κ3) is 6.73. The number of hydrogen-bond donors (Lipinski definition) is 1. The highest BCUT2D eigenvalue weighted by Crippen LogP contribution is 2.10. The smallest absolute Gasteiger partial charge is 0.212 e. The van der Waals surface area contributed by atoms with Gasteiger partial charge in [-0.05, 0) is 18.4 Å². The molecule has 0 saturated carbocycles. The van der Waals surface area contributed by atoms with Gasteiger partial charge in [-0.2, -0.15) is 0 Å². The lowest BCUT2D eigenvalue weighted by molar-refractivity contribution is 0.494. The SMILES string of the molecule is CCCCCC(CC)NS(=O)(=O)Cc1ccccc1. The van der Waals surface area contributed by atoms with Crippen molar-refractivity contribution in [3.05, 3.63) is 35.9 Å². The molecule has 0 aromatic heterocycles. The Morgan fingerprint density at radius 3 is 2.37 bits per heavy atom. The fourth-order valence-corrected chi connectivity index (χ4v) is 3.58. The zero-order chi connectivity index (χ0) is 14.1. The van der Waals surface area contributed by atoms with E-state index in [9.17, 15) is 8.42 Å². The molecule has 0 aliphatic heterocycles. The Balaban J connectivity index is 2.52. The Kier molecular flexibility index (Phi) is 7.10. The van der Waals surface area contributed by atoms with Crippen LogP contribution in [0.2, 0.25) is 0 Å². The Labute approximate surface area is 117 Å². The second-order valence-electron chi connectivity index (χ2n) is 4.96. The average molecular weight is 283 g/mol. The van der Waals surface area contributed by atoms with Crippen molar-refractivity contribution in [1.82, 2.24) is 4.72 Å². The molecule has 0 bridgehead atoms. The molecule has 0 aliphatic rings. The van der Waals surface area contributed by atoms with E-state index < -0.39 is 10.0 Å². The predicted octanol–water partition coefficient (Wildman–Crippen LogP) is 3.46. The van der Waals surface area contributed by atoms with E-state index >= 15 is 0 Å². The summed E-state index contributed by atoms with van der Waals surface area (Å²) in [5.74, 6) is 0.0676. The summed E-state index contributed by atoms with van der Waals surface area (Å²) < 4.78 is 27.0. The molecule has 0 radical (unpaired) electrons. The van der Waals surface area contributed by atoms with Crippen LogP contribution in [0.5, 0.6) is 0 Å². The lowest BCUT2D eigenvalue weighted by Crippen LogP contribution is -2.35. The van der Waals surface area contributed by atoms with Crippen molar-refractivity contribution in [2.75, 3.05) is 0 Å². The van der Waals surface area contributed by atoms with Crippen LogP contribution in [0.15, 0.2) is 30.3 Å². The molecule has 0 amide bonds. The van der Waals surface area contributed by atoms with Crippen LogP contribution in [-0.2, 0) is 15.8 Å². The van der Waals surface area contributed by atoms with Crippen molar-refractivity contribution in [2.45, 2.75) is 57.7 Å². The lowest BCUT2D eigenvalue weighted by Gasteiger charge is -2.17. The van der Waals surface area contributed by atoms with Crippen molar-refractivity contribution in [1.29, 1.82) is 0 Å². The maximum atomic E-state index is 12.1. The molecule has 1 N–H and O–H groups in total. The highest BCUT2D eigenvalue weighted by molar-refractivity contribution is 7.88. The molecule has 1 atom stereocenters. The third-order valence-corrected chi connectivity index (χ3v) is 4.60. The molecule has 19 heavy (non-hydrogen) atoms. The average Bonchev–Trinajstić information content (AvgIpc) is 2.38. The van der Waals surface area contributed by atoms with Crippen molar-refractivity contribution >= 4 is 10.0 Å². The molecule has 1 aromatic rings. The summed E-state index contributed by atoms with van der Waals surface area (Å²) in [4.78, 5) is 0. The van der Waals surface area contributed by atoms with Crippen LogP contribution in [0.4, 0.5) is 0 Å². The Morgan fingerprint density at radius 1 is 1.11 bits per heavy atom. The molecule has 108 valence electrons. The molecule has 4 heteroatoms. The van der Waals surface area contributed by atoms with E-state index in [1.54, 1.807) is 0 Å². The molecule has 0 spiro atoms. The fourth-order valence-electron chi connectivity index (χ4n) is 2.08. The first kappa shape index (κ1) is 16.2. The van der Waals surface area contributed by atoms with Gasteiger partial charge in [-0.15, -0.1) is 0 Å². The summed E-state index contributed by atoms with van der Waals surface area (Å²) in [5.41, 5.74) is 0.832. The van der Waals surface area contributed by atoms with Gasteiger partial charge in [0, 0.05) is 6.04 Å². The van der Waals surface area contributed by atoms with Crippen LogP contribution >= 0.6 is 0 Å². The maximum absolute atomic E-state index is 12.1. The molecular weight excluding hydrogens is 258 g/mol. The minimum absolute atomic E-state index is 0.0676. The zero-order valence-corrected chi connectivity index (χ0v) is 12.7. The van der Waals surface area contributed by atoms with Crippen molar-refractivity contribution < 1.29 is 8.42 Å². The van der Waals surface area contributed by atoms with Gasteiger partial charge >= 0.3 is 0 Å². The van der Waals surface area contributed by atoms with Gasteiger partial charge in [0.25, 0.3) is 0 Å². The van der Waals surface area contributed by atoms with Crippen LogP contribution in [0.25, 0.3) is 0 Å². The molecule has 1 rings (SSSR count). The summed E-state index contributed by atoms with van der Waals surface area (Å²) in [6, 6.07) is 9.38. The molecule has 3 nitrogen and oxygen atoms in total. The van der Waals surface area contributed by atoms with Gasteiger partial charge in [0.2, 0.25) is 10.0 Å². The number of rotatable bonds is 9. The van der Waals surface area contributed by atoms with E-state index in [2.05, 4.69) is 11.6 Å². The van der Waals surface area contributed by atoms with Crippen LogP contribution in [0, 0.1) is 0 Å². The van der Waals surface area contributed by atoms with Crippen molar-refractivity contribution in [2.24, 2.45) is 0 Å². The second-order valence-corrected chi connectivity index (χ2v) is 6.72. The molecular formula is C15H25NO2S. The van der Waals surface area contributed by atoms with Crippen molar-refractivity contribution in [3.63, 3.8) is 0 Å². The summed E-state index contributed by atoms with van der Waals surface area (Å²) in [6.45, 7) is 4.18. The quantitative estimate of drug-likeness (QED) is 0.705. The number of unbranched alkanes of at least 4 members (excludes halogenated alkanes) is 2. The van der Waals surface area contributed by atoms with Gasteiger partial charge in [-0.3, -0.25) is 0 Å². The van der Waals surface area contributed by atoms with Crippen LogP contribution in [-0.4, -0.2) is 14.5 Å². The summed E-state index contributed by atoms with van der Waals surface area (Å²) >= 11 is 0. The number of hydrogen-bond acceptors (Lipinski definition) is 2. The first-order chi connectivity index (χ1) is 9.07. The highest BCUT2D eigenvalue weighted by Gasteiger charge is 2.16. The van der Waals surface area contributed by atoms with E-state index in [4.69, 9.17) is 0 Å². The highest BCUT2D eigenvalue weighted by atomic mass is 32.2. The maximum Gasteiger partial charge on any atom is 0.216 e. The first-order valence-electron chi connectivity index (χ1n) is 7.11. The molecule has 0 fully saturated rings. The van der Waals surface area contributed by atoms with Crippen LogP contribution in [0.3, 0.4) is 0 Å². The number of sulfonamides is 1. The topological polar surface area (TPSA) is 46.2 Å². The lowest BCUT2D eigenvalue weighted by atomic mass is 10.1. The summed E-state index contributed by atoms with van der Waals surface area (Å²) in [6.07, 6.45) is 5.18. The summed E-state index contributed by atoms with van der Waals surface area (Å²) in [5, 5.41) is 0. The Morgan fingerprint density at radius 2 is 1.79 bits per heavy atom. The molecule has 0 heterocycles. The van der Waals surface area contributed by atoms with E-state index in [0.717, 1.165) is 37.7 Å². The van der Waals surface area contributed by atoms with Gasteiger partial charge in [0.05, 0.1) is 5.75 Å². The molecule has 1 unspecified atom stereocenters. The van der Waals surface area contributed by atoms with Gasteiger partial charge in [-0.25, -0.2) is 13.1 Å². The Bertz CT molecular complexity index is 442. The van der Waals surface area contributed by atoms with Crippen LogP contribution < -0.4 is 4.72 Å². The monoisotopic (exact) mass is 283 g/mol. The van der Waals surface area contributed by atoms with E-state index in [1.165, 1.54) is 0 Å². The number of benzene rings is 1. The zero-order valence-electron chi connectivity index (χ0n) is 11.9. The molecule has 0 aliphatic carbocycles. The van der Waals surface area contributed by atoms with Gasteiger partial charge in [0.15, 0.2) is 0 Å². The largest absolute Gasteiger partial charge is 0.216 e. The molecule has 1 aromatic carbocycles. The van der Waals surface area contributed by atoms with Gasteiger partial charge in [-0.1, -0.05) is 63.4 Å². The Hall–Kier alpha value is -0.870. The standard InChI is InChI=1S/C15H25NO2S/c1-3-5-7-12-15(4-2)16-19(17,18)13-14-10-8-6-9-11-14/h6,8-11,15-16H,3-5,7,12-13H2,1-2H3. The fraction of sp³-hybridized carbons (Fsp3) is 0.600. The minimum Gasteiger partial charge on any atom is -0.212 e. The number of nitrogens with one attached hydrogen (secondary N) is 1. The van der Waals surface area contributed by atoms with Crippen LogP contribution in [0.1, 0.15) is 51.5 Å². The normalized spacial score (nSPS) is 13.4. The van der Waals surface area contributed by atoms with E-state index in [-0.39, 0.29) is 11.8 Å². The van der Waals surface area contributed by atoms with E-state index in [1.807, 2.05) is 37.3 Å². The second kappa shape index (κ2) is 8.33. The summed E-state index contributed by atoms with van der Waals surface area (Å²) in [7, 11) is -3.23. The van der Waals surface area contributed by atoms with Gasteiger partial charge < -0.3 is 0 Å². The van der Waals surface area contributed by atoms with E-state index in [0.29, 0.717) is 0 Å². The first-order valence-corrected chi connectivity index (χ1v) is 8.76. The third-order valence-electron chi connectivity index (χ3n) is 3.19. The van der Waals surface area contributed by atoms with Gasteiger partial charge in [0.1, 0.15) is 0 Å².